The number of benzene rings is 2. The van der Waals surface area contributed by atoms with E-state index in [-0.39, 0.29) is 10.6 Å². The van der Waals surface area contributed by atoms with E-state index in [2.05, 4.69) is 21.2 Å². The van der Waals surface area contributed by atoms with Crippen LogP contribution in [0.5, 0.6) is 5.75 Å². The molecule has 4 nitrogen and oxygen atoms in total. The predicted octanol–water partition coefficient (Wildman–Crippen LogP) is 3.18. The van der Waals surface area contributed by atoms with Crippen LogP contribution in [0, 0.1) is 5.82 Å². The molecule has 0 spiro atoms. The van der Waals surface area contributed by atoms with Crippen molar-refractivity contribution in [1.29, 1.82) is 0 Å². The molecule has 0 radical (unpaired) electrons. The molecule has 4 N–H and O–H groups in total. The second-order valence-electron chi connectivity index (χ2n) is 4.17. The third-order valence-electron chi connectivity index (χ3n) is 2.71. The summed E-state index contributed by atoms with van der Waals surface area (Å²) in [4.78, 5) is 12.3. The van der Waals surface area contributed by atoms with Gasteiger partial charge in [0.1, 0.15) is 16.6 Å². The number of hydrogen-bond acceptors (Lipinski definition) is 3. The standard InChI is InChI=1S/C14H10BrFN2O2S/c15-10-5-7(13(17)21)1-4-11(10)18-14(20)9-3-2-8(16)6-12(9)19/h1-6,19H,(H2,17,21)(H,18,20). The molecule has 7 heteroatoms. The van der Waals surface area contributed by atoms with Crippen LogP contribution >= 0.6 is 28.1 Å². The number of anilines is 1. The van der Waals surface area contributed by atoms with Gasteiger partial charge >= 0.3 is 0 Å². The summed E-state index contributed by atoms with van der Waals surface area (Å²) >= 11 is 8.15. The molecule has 0 bridgehead atoms. The van der Waals surface area contributed by atoms with Crippen molar-refractivity contribution in [2.24, 2.45) is 5.73 Å². The van der Waals surface area contributed by atoms with E-state index in [9.17, 15) is 14.3 Å². The van der Waals surface area contributed by atoms with Gasteiger partial charge in [-0.1, -0.05) is 12.2 Å². The Bertz CT molecular complexity index is 737. The van der Waals surface area contributed by atoms with Gasteiger partial charge in [-0.25, -0.2) is 4.39 Å². The van der Waals surface area contributed by atoms with Gasteiger partial charge in [-0.05, 0) is 46.3 Å². The molecule has 0 aromatic heterocycles. The minimum Gasteiger partial charge on any atom is -0.507 e. The molecule has 0 atom stereocenters. The normalized spacial score (nSPS) is 10.2. The fourth-order valence-electron chi connectivity index (χ4n) is 1.66. The maximum atomic E-state index is 12.9. The zero-order chi connectivity index (χ0) is 15.6. The summed E-state index contributed by atoms with van der Waals surface area (Å²) in [6.45, 7) is 0. The van der Waals surface area contributed by atoms with Crippen LogP contribution in [0.15, 0.2) is 40.9 Å². The van der Waals surface area contributed by atoms with Gasteiger partial charge in [0.2, 0.25) is 0 Å². The smallest absolute Gasteiger partial charge is 0.259 e. The first-order valence-electron chi connectivity index (χ1n) is 5.77. The SMILES string of the molecule is NC(=S)c1ccc(NC(=O)c2ccc(F)cc2O)c(Br)c1. The van der Waals surface area contributed by atoms with E-state index in [1.54, 1.807) is 18.2 Å². The highest BCUT2D eigenvalue weighted by atomic mass is 79.9. The molecule has 1 amide bonds. The van der Waals surface area contributed by atoms with Crippen molar-refractivity contribution in [3.8, 4) is 5.75 Å². The van der Waals surface area contributed by atoms with E-state index in [1.807, 2.05) is 0 Å². The summed E-state index contributed by atoms with van der Waals surface area (Å²) < 4.78 is 13.5. The first kappa shape index (κ1) is 15.4. The van der Waals surface area contributed by atoms with Crippen LogP contribution in [0.25, 0.3) is 0 Å². The lowest BCUT2D eigenvalue weighted by molar-refractivity contribution is 0.102. The van der Waals surface area contributed by atoms with Crippen LogP contribution in [0.1, 0.15) is 15.9 Å². The van der Waals surface area contributed by atoms with E-state index in [0.29, 0.717) is 15.7 Å². The van der Waals surface area contributed by atoms with Gasteiger partial charge in [-0.3, -0.25) is 4.79 Å². The summed E-state index contributed by atoms with van der Waals surface area (Å²) in [5, 5.41) is 12.2. The molecule has 0 fully saturated rings. The first-order valence-corrected chi connectivity index (χ1v) is 6.98. The van der Waals surface area contributed by atoms with Crippen LogP contribution in [0.3, 0.4) is 0 Å². The highest BCUT2D eigenvalue weighted by molar-refractivity contribution is 9.10. The third kappa shape index (κ3) is 3.56. The van der Waals surface area contributed by atoms with Gasteiger partial charge in [-0.2, -0.15) is 0 Å². The van der Waals surface area contributed by atoms with Gasteiger partial charge in [0.05, 0.1) is 11.3 Å². The molecular formula is C14H10BrFN2O2S. The zero-order valence-corrected chi connectivity index (χ0v) is 13.0. The van der Waals surface area contributed by atoms with Crippen molar-refractivity contribution in [2.75, 3.05) is 5.32 Å². The Morgan fingerprint density at radius 1 is 1.29 bits per heavy atom. The molecule has 0 heterocycles. The maximum Gasteiger partial charge on any atom is 0.259 e. The maximum absolute atomic E-state index is 12.9. The molecule has 0 aliphatic rings. The highest BCUT2D eigenvalue weighted by Gasteiger charge is 2.13. The average molecular weight is 369 g/mol. The fourth-order valence-corrected chi connectivity index (χ4v) is 2.26. The van der Waals surface area contributed by atoms with Gasteiger partial charge in [0.15, 0.2) is 0 Å². The Morgan fingerprint density at radius 3 is 2.57 bits per heavy atom. The van der Waals surface area contributed by atoms with Crippen LogP contribution in [0.4, 0.5) is 10.1 Å². The van der Waals surface area contributed by atoms with Crippen LogP contribution < -0.4 is 11.1 Å². The minimum absolute atomic E-state index is 0.0262. The predicted molar refractivity (Wildman–Crippen MR) is 86.0 cm³/mol. The van der Waals surface area contributed by atoms with E-state index in [4.69, 9.17) is 18.0 Å². The number of nitrogens with one attached hydrogen (secondary N) is 1. The second-order valence-corrected chi connectivity index (χ2v) is 5.47. The van der Waals surface area contributed by atoms with Crippen molar-refractivity contribution < 1.29 is 14.3 Å². The second kappa shape index (κ2) is 6.19. The van der Waals surface area contributed by atoms with Gasteiger partial charge in [0.25, 0.3) is 5.91 Å². The van der Waals surface area contributed by atoms with Crippen molar-refractivity contribution in [3.05, 3.63) is 57.8 Å². The number of carbonyl (C=O) groups is 1. The lowest BCUT2D eigenvalue weighted by Gasteiger charge is -2.10. The quantitative estimate of drug-likeness (QED) is 0.727. The average Bonchev–Trinajstić information content (AvgIpc) is 2.40. The van der Waals surface area contributed by atoms with Crippen molar-refractivity contribution >= 4 is 44.7 Å². The Balaban J connectivity index is 2.25. The topological polar surface area (TPSA) is 75.3 Å². The molecule has 0 aliphatic heterocycles. The highest BCUT2D eigenvalue weighted by Crippen LogP contribution is 2.26. The molecule has 108 valence electrons. The summed E-state index contributed by atoms with van der Waals surface area (Å²) in [7, 11) is 0. The van der Waals surface area contributed by atoms with Gasteiger partial charge < -0.3 is 16.2 Å². The Hall–Kier alpha value is -1.99. The van der Waals surface area contributed by atoms with Crippen LogP contribution in [-0.2, 0) is 0 Å². The first-order chi connectivity index (χ1) is 9.88. The summed E-state index contributed by atoms with van der Waals surface area (Å²) in [6.07, 6.45) is 0. The van der Waals surface area contributed by atoms with Crippen molar-refractivity contribution in [1.82, 2.24) is 0 Å². The Labute approximate surface area is 133 Å². The van der Waals surface area contributed by atoms with Crippen molar-refractivity contribution in [2.45, 2.75) is 0 Å². The summed E-state index contributed by atoms with van der Waals surface area (Å²) in [6, 6.07) is 8.13. The Kier molecular flexibility index (Phi) is 4.54. The van der Waals surface area contributed by atoms with Gasteiger partial charge in [-0.15, -0.1) is 0 Å². The fraction of sp³-hybridized carbons (Fsp3) is 0. The number of phenols is 1. The molecule has 2 rings (SSSR count). The number of carbonyl (C=O) groups excluding carboxylic acids is 1. The molecule has 21 heavy (non-hydrogen) atoms. The van der Waals surface area contributed by atoms with Crippen molar-refractivity contribution in [3.63, 3.8) is 0 Å². The third-order valence-corrected chi connectivity index (χ3v) is 3.60. The molecule has 2 aromatic carbocycles. The van der Waals surface area contributed by atoms with E-state index in [1.165, 1.54) is 6.07 Å². The lowest BCUT2D eigenvalue weighted by Crippen LogP contribution is -2.14. The number of halogens is 2. The number of aromatic hydroxyl groups is 1. The lowest BCUT2D eigenvalue weighted by atomic mass is 10.1. The molecule has 0 saturated carbocycles. The number of rotatable bonds is 3. The van der Waals surface area contributed by atoms with Crippen LogP contribution in [-0.4, -0.2) is 16.0 Å². The van der Waals surface area contributed by atoms with E-state index >= 15 is 0 Å². The molecule has 0 aliphatic carbocycles. The van der Waals surface area contributed by atoms with E-state index in [0.717, 1.165) is 12.1 Å². The van der Waals surface area contributed by atoms with Crippen LogP contribution in [0.2, 0.25) is 0 Å². The largest absolute Gasteiger partial charge is 0.507 e. The van der Waals surface area contributed by atoms with E-state index < -0.39 is 17.5 Å². The zero-order valence-electron chi connectivity index (χ0n) is 10.6. The molecule has 2 aromatic rings. The number of amides is 1. The monoisotopic (exact) mass is 368 g/mol. The Morgan fingerprint density at radius 2 is 2.00 bits per heavy atom. The number of nitrogens with two attached hydrogens (primary N) is 1. The van der Waals surface area contributed by atoms with Gasteiger partial charge in [0, 0.05) is 16.1 Å². The number of hydrogen-bond donors (Lipinski definition) is 3. The number of phenolic OH excluding ortho intramolecular Hbond substituents is 1. The molecule has 0 saturated heterocycles. The molecule has 0 unspecified atom stereocenters. The minimum atomic E-state index is -0.619. The summed E-state index contributed by atoms with van der Waals surface area (Å²) in [5.41, 5.74) is 6.62. The summed E-state index contributed by atoms with van der Waals surface area (Å²) in [5.74, 6) is -1.61. The molecular weight excluding hydrogens is 359 g/mol. The number of thiocarbonyl (C=S) groups is 1.